The number of benzene rings is 1. The molecule has 0 fully saturated rings. The van der Waals surface area contributed by atoms with Crippen LogP contribution >= 0.6 is 27.5 Å². The van der Waals surface area contributed by atoms with Gasteiger partial charge in [0.15, 0.2) is 0 Å². The fourth-order valence-electron chi connectivity index (χ4n) is 1.19. The largest absolute Gasteiger partial charge is 0.492 e. The molecule has 2 nitrogen and oxygen atoms in total. The Bertz CT molecular complexity index is 347. The highest BCUT2D eigenvalue weighted by Crippen LogP contribution is 2.30. The van der Waals surface area contributed by atoms with Crippen LogP contribution in [0, 0.1) is 5.82 Å². The second-order valence-corrected chi connectivity index (χ2v) is 4.59. The molecule has 0 aliphatic carbocycles. The van der Waals surface area contributed by atoms with E-state index >= 15 is 0 Å². The van der Waals surface area contributed by atoms with Crippen LogP contribution in [0.15, 0.2) is 16.6 Å². The number of aliphatic hydroxyl groups is 1. The quantitative estimate of drug-likeness (QED) is 0.640. The summed E-state index contributed by atoms with van der Waals surface area (Å²) in [5.74, 6) is -0.0406. The van der Waals surface area contributed by atoms with E-state index in [0.717, 1.165) is 19.3 Å². The first kappa shape index (κ1) is 13.7. The molecule has 0 bridgehead atoms. The summed E-state index contributed by atoms with van der Waals surface area (Å²) >= 11 is 8.85. The molecule has 16 heavy (non-hydrogen) atoms. The van der Waals surface area contributed by atoms with Gasteiger partial charge in [-0.15, -0.1) is 0 Å². The zero-order valence-electron chi connectivity index (χ0n) is 8.68. The van der Waals surface area contributed by atoms with E-state index in [4.69, 9.17) is 21.4 Å². The van der Waals surface area contributed by atoms with Crippen molar-refractivity contribution in [2.24, 2.45) is 0 Å². The Hall–Kier alpha value is -0.320. The summed E-state index contributed by atoms with van der Waals surface area (Å²) in [5.41, 5.74) is 0. The Balaban J connectivity index is 2.45. The summed E-state index contributed by atoms with van der Waals surface area (Å²) < 4.78 is 19.2. The highest BCUT2D eigenvalue weighted by molar-refractivity contribution is 9.10. The van der Waals surface area contributed by atoms with Crippen molar-refractivity contribution in [2.75, 3.05) is 13.2 Å². The summed E-state index contributed by atoms with van der Waals surface area (Å²) in [6, 6.07) is 2.73. The predicted octanol–water partition coefficient (Wildman–Crippen LogP) is 3.78. The van der Waals surface area contributed by atoms with Gasteiger partial charge in [-0.3, -0.25) is 0 Å². The summed E-state index contributed by atoms with van der Waals surface area (Å²) in [6.45, 7) is 0.693. The molecule has 90 valence electrons. The molecular formula is C11H13BrClFO2. The zero-order chi connectivity index (χ0) is 12.0. The predicted molar refractivity (Wildman–Crippen MR) is 65.5 cm³/mol. The summed E-state index contributed by atoms with van der Waals surface area (Å²) in [5, 5.41) is 8.65. The number of unbranched alkanes of at least 4 members (excludes halogenated alkanes) is 2. The van der Waals surface area contributed by atoms with Gasteiger partial charge in [0, 0.05) is 12.7 Å². The summed E-state index contributed by atoms with van der Waals surface area (Å²) in [4.78, 5) is 0. The SMILES string of the molecule is OCCCCCOc1cc(F)c(Cl)cc1Br. The van der Waals surface area contributed by atoms with Crippen molar-refractivity contribution in [1.29, 1.82) is 0 Å². The molecule has 0 saturated heterocycles. The van der Waals surface area contributed by atoms with E-state index in [1.54, 1.807) is 0 Å². The molecule has 0 unspecified atom stereocenters. The first-order chi connectivity index (χ1) is 7.65. The van der Waals surface area contributed by atoms with Crippen molar-refractivity contribution >= 4 is 27.5 Å². The normalized spacial score (nSPS) is 10.5. The van der Waals surface area contributed by atoms with Gasteiger partial charge >= 0.3 is 0 Å². The van der Waals surface area contributed by atoms with Crippen LogP contribution < -0.4 is 4.74 Å². The van der Waals surface area contributed by atoms with E-state index in [1.165, 1.54) is 12.1 Å². The second kappa shape index (κ2) is 7.09. The number of hydrogen-bond acceptors (Lipinski definition) is 2. The highest BCUT2D eigenvalue weighted by Gasteiger charge is 2.07. The minimum absolute atomic E-state index is 0.0690. The van der Waals surface area contributed by atoms with Gasteiger partial charge in [0.2, 0.25) is 0 Å². The topological polar surface area (TPSA) is 29.5 Å². The fraction of sp³-hybridized carbons (Fsp3) is 0.455. The number of ether oxygens (including phenoxy) is 1. The van der Waals surface area contributed by atoms with E-state index in [-0.39, 0.29) is 11.6 Å². The molecule has 0 aromatic heterocycles. The molecule has 1 rings (SSSR count). The Morgan fingerprint density at radius 2 is 2.06 bits per heavy atom. The van der Waals surface area contributed by atoms with Crippen molar-refractivity contribution in [1.82, 2.24) is 0 Å². The van der Waals surface area contributed by atoms with Gasteiger partial charge in [0.1, 0.15) is 11.6 Å². The monoisotopic (exact) mass is 310 g/mol. The third-order valence-electron chi connectivity index (χ3n) is 2.03. The third-order valence-corrected chi connectivity index (χ3v) is 2.94. The molecule has 0 atom stereocenters. The number of halogens is 3. The van der Waals surface area contributed by atoms with Crippen LogP contribution in [0.25, 0.3) is 0 Å². The average molecular weight is 312 g/mol. The molecular weight excluding hydrogens is 298 g/mol. The number of hydrogen-bond donors (Lipinski definition) is 1. The molecule has 0 radical (unpaired) electrons. The van der Waals surface area contributed by atoms with E-state index < -0.39 is 5.82 Å². The van der Waals surface area contributed by atoms with Gasteiger partial charge in [-0.25, -0.2) is 4.39 Å². The first-order valence-electron chi connectivity index (χ1n) is 5.03. The van der Waals surface area contributed by atoms with Crippen molar-refractivity contribution < 1.29 is 14.2 Å². The van der Waals surface area contributed by atoms with Crippen LogP contribution in [0.2, 0.25) is 5.02 Å². The maximum absolute atomic E-state index is 13.1. The molecule has 0 aliphatic heterocycles. The Kier molecular flexibility index (Phi) is 6.09. The van der Waals surface area contributed by atoms with Crippen molar-refractivity contribution in [2.45, 2.75) is 19.3 Å². The van der Waals surface area contributed by atoms with Gasteiger partial charge in [0.05, 0.1) is 16.1 Å². The minimum atomic E-state index is -0.491. The number of rotatable bonds is 6. The molecule has 1 aromatic carbocycles. The maximum atomic E-state index is 13.1. The molecule has 0 heterocycles. The first-order valence-corrected chi connectivity index (χ1v) is 6.20. The van der Waals surface area contributed by atoms with Crippen LogP contribution in [-0.4, -0.2) is 18.3 Å². The smallest absolute Gasteiger partial charge is 0.145 e. The standard InChI is InChI=1S/C11H13BrClFO2/c12-8-6-9(13)10(14)7-11(8)16-5-3-1-2-4-15/h6-7,15H,1-5H2. The van der Waals surface area contributed by atoms with E-state index in [2.05, 4.69) is 15.9 Å². The third kappa shape index (κ3) is 4.28. The fourth-order valence-corrected chi connectivity index (χ4v) is 1.94. The van der Waals surface area contributed by atoms with Gasteiger partial charge in [-0.1, -0.05) is 11.6 Å². The summed E-state index contributed by atoms with van der Waals surface area (Å²) in [6.07, 6.45) is 2.49. The Morgan fingerprint density at radius 1 is 1.31 bits per heavy atom. The molecule has 1 N–H and O–H groups in total. The molecule has 0 spiro atoms. The van der Waals surface area contributed by atoms with Crippen LogP contribution in [-0.2, 0) is 0 Å². The van der Waals surface area contributed by atoms with E-state index in [9.17, 15) is 4.39 Å². The lowest BCUT2D eigenvalue weighted by atomic mass is 10.2. The second-order valence-electron chi connectivity index (χ2n) is 3.33. The van der Waals surface area contributed by atoms with Crippen LogP contribution in [0.4, 0.5) is 4.39 Å². The average Bonchev–Trinajstić information content (AvgIpc) is 2.25. The van der Waals surface area contributed by atoms with Crippen molar-refractivity contribution in [3.63, 3.8) is 0 Å². The molecule has 0 saturated carbocycles. The maximum Gasteiger partial charge on any atom is 0.145 e. The van der Waals surface area contributed by atoms with E-state index in [0.29, 0.717) is 16.8 Å². The van der Waals surface area contributed by atoms with Gasteiger partial charge in [-0.05, 0) is 41.3 Å². The van der Waals surface area contributed by atoms with Gasteiger partial charge in [-0.2, -0.15) is 0 Å². The Labute approximate surface area is 108 Å². The van der Waals surface area contributed by atoms with Crippen LogP contribution in [0.3, 0.4) is 0 Å². The highest BCUT2D eigenvalue weighted by atomic mass is 79.9. The van der Waals surface area contributed by atoms with Crippen molar-refractivity contribution in [3.8, 4) is 5.75 Å². The molecule has 1 aromatic rings. The molecule has 0 aliphatic rings. The number of aliphatic hydroxyl groups excluding tert-OH is 1. The van der Waals surface area contributed by atoms with Gasteiger partial charge < -0.3 is 9.84 Å². The van der Waals surface area contributed by atoms with Crippen molar-refractivity contribution in [3.05, 3.63) is 27.4 Å². The lowest BCUT2D eigenvalue weighted by Crippen LogP contribution is -1.99. The Morgan fingerprint density at radius 3 is 2.75 bits per heavy atom. The van der Waals surface area contributed by atoms with Crippen LogP contribution in [0.1, 0.15) is 19.3 Å². The zero-order valence-corrected chi connectivity index (χ0v) is 11.0. The van der Waals surface area contributed by atoms with E-state index in [1.807, 2.05) is 0 Å². The van der Waals surface area contributed by atoms with Crippen LogP contribution in [0.5, 0.6) is 5.75 Å². The lowest BCUT2D eigenvalue weighted by molar-refractivity contribution is 0.265. The molecule has 5 heteroatoms. The lowest BCUT2D eigenvalue weighted by Gasteiger charge is -2.08. The molecule has 0 amide bonds. The summed E-state index contributed by atoms with van der Waals surface area (Å²) in [7, 11) is 0. The minimum Gasteiger partial charge on any atom is -0.492 e. The van der Waals surface area contributed by atoms with Gasteiger partial charge in [0.25, 0.3) is 0 Å².